The molecule has 2 nitrogen and oxygen atoms in total. The fourth-order valence-electron chi connectivity index (χ4n) is 2.15. The van der Waals surface area contributed by atoms with Crippen LogP contribution in [-0.2, 0) is 6.61 Å². The lowest BCUT2D eigenvalue weighted by atomic mass is 10.1. The second-order valence-electron chi connectivity index (χ2n) is 5.54. The van der Waals surface area contributed by atoms with Gasteiger partial charge in [0.1, 0.15) is 0 Å². The molecule has 0 bridgehead atoms. The number of aliphatic hydroxyl groups is 1. The number of benzene rings is 1. The summed E-state index contributed by atoms with van der Waals surface area (Å²) in [5.74, 6) is 0.742. The van der Waals surface area contributed by atoms with Crippen LogP contribution >= 0.6 is 15.9 Å². The molecule has 1 aliphatic carbocycles. The Morgan fingerprint density at radius 3 is 2.61 bits per heavy atom. The molecule has 1 aromatic carbocycles. The molecule has 1 aliphatic rings. The minimum Gasteiger partial charge on any atom is -0.392 e. The van der Waals surface area contributed by atoms with Crippen molar-refractivity contribution in [2.45, 2.75) is 45.8 Å². The smallest absolute Gasteiger partial charge is 0.0692 e. The van der Waals surface area contributed by atoms with Gasteiger partial charge in [0, 0.05) is 22.7 Å². The summed E-state index contributed by atoms with van der Waals surface area (Å²) in [4.78, 5) is 2.52. The van der Waals surface area contributed by atoms with Crippen molar-refractivity contribution in [3.8, 4) is 0 Å². The number of anilines is 1. The van der Waals surface area contributed by atoms with E-state index < -0.39 is 0 Å². The highest BCUT2D eigenvalue weighted by atomic mass is 79.9. The van der Waals surface area contributed by atoms with Crippen LogP contribution in [0.5, 0.6) is 0 Å². The standard InChI is InChI=1S/C15H22BrNO/c1-11(2)7-8-17(13-5-6-13)14-4-3-12(10-18)15(16)9-14/h3-4,9,11,13,18H,5-8,10H2,1-2H3. The topological polar surface area (TPSA) is 23.5 Å². The van der Waals surface area contributed by atoms with E-state index in [-0.39, 0.29) is 6.61 Å². The van der Waals surface area contributed by atoms with Gasteiger partial charge in [0.2, 0.25) is 0 Å². The van der Waals surface area contributed by atoms with E-state index in [1.165, 1.54) is 24.9 Å². The number of rotatable bonds is 6. The van der Waals surface area contributed by atoms with Crippen LogP contribution in [-0.4, -0.2) is 17.7 Å². The molecule has 1 aromatic rings. The summed E-state index contributed by atoms with van der Waals surface area (Å²) in [6.45, 7) is 5.77. The predicted octanol–water partition coefficient (Wildman–Crippen LogP) is 3.96. The number of hydrogen-bond donors (Lipinski definition) is 1. The van der Waals surface area contributed by atoms with E-state index in [0.29, 0.717) is 0 Å². The maximum Gasteiger partial charge on any atom is 0.0692 e. The van der Waals surface area contributed by atoms with Gasteiger partial charge in [-0.25, -0.2) is 0 Å². The highest BCUT2D eigenvalue weighted by Gasteiger charge is 2.29. The Bertz CT molecular complexity index is 401. The normalized spacial score (nSPS) is 15.2. The molecule has 2 rings (SSSR count). The van der Waals surface area contributed by atoms with Gasteiger partial charge in [-0.05, 0) is 42.9 Å². The van der Waals surface area contributed by atoms with Crippen LogP contribution in [0.1, 0.15) is 38.7 Å². The first-order valence-electron chi connectivity index (χ1n) is 6.77. The maximum atomic E-state index is 9.20. The van der Waals surface area contributed by atoms with Crippen LogP contribution < -0.4 is 4.90 Å². The second kappa shape index (κ2) is 6.07. The van der Waals surface area contributed by atoms with Crippen LogP contribution in [0.15, 0.2) is 22.7 Å². The minimum atomic E-state index is 0.0935. The number of aliphatic hydroxyl groups excluding tert-OH is 1. The van der Waals surface area contributed by atoms with E-state index in [1.54, 1.807) is 0 Å². The molecule has 0 heterocycles. The monoisotopic (exact) mass is 311 g/mol. The summed E-state index contributed by atoms with van der Waals surface area (Å²) in [5, 5.41) is 9.20. The molecule has 0 unspecified atom stereocenters. The lowest BCUT2D eigenvalue weighted by Gasteiger charge is -2.26. The predicted molar refractivity (Wildman–Crippen MR) is 79.9 cm³/mol. The Morgan fingerprint density at radius 2 is 2.11 bits per heavy atom. The number of nitrogens with zero attached hydrogens (tertiary/aromatic N) is 1. The fraction of sp³-hybridized carbons (Fsp3) is 0.600. The van der Waals surface area contributed by atoms with Crippen LogP contribution in [0.25, 0.3) is 0 Å². The zero-order valence-electron chi connectivity index (χ0n) is 11.2. The summed E-state index contributed by atoms with van der Waals surface area (Å²) in [5.41, 5.74) is 2.24. The average molecular weight is 312 g/mol. The van der Waals surface area contributed by atoms with Crippen molar-refractivity contribution < 1.29 is 5.11 Å². The molecular weight excluding hydrogens is 290 g/mol. The maximum absolute atomic E-state index is 9.20. The Labute approximate surface area is 118 Å². The van der Waals surface area contributed by atoms with Crippen molar-refractivity contribution in [2.75, 3.05) is 11.4 Å². The van der Waals surface area contributed by atoms with Gasteiger partial charge in [-0.1, -0.05) is 35.8 Å². The van der Waals surface area contributed by atoms with Gasteiger partial charge in [0.05, 0.1) is 6.61 Å². The van der Waals surface area contributed by atoms with Gasteiger partial charge < -0.3 is 10.0 Å². The van der Waals surface area contributed by atoms with E-state index >= 15 is 0 Å². The summed E-state index contributed by atoms with van der Waals surface area (Å²) in [7, 11) is 0. The van der Waals surface area contributed by atoms with Crippen LogP contribution in [0.3, 0.4) is 0 Å². The first-order chi connectivity index (χ1) is 8.61. The van der Waals surface area contributed by atoms with Crippen molar-refractivity contribution in [1.82, 2.24) is 0 Å². The van der Waals surface area contributed by atoms with Crippen LogP contribution in [0.4, 0.5) is 5.69 Å². The molecule has 18 heavy (non-hydrogen) atoms. The molecule has 0 amide bonds. The van der Waals surface area contributed by atoms with E-state index in [9.17, 15) is 5.11 Å². The largest absolute Gasteiger partial charge is 0.392 e. The molecule has 0 saturated heterocycles. The van der Waals surface area contributed by atoms with E-state index in [4.69, 9.17) is 0 Å². The van der Waals surface area contributed by atoms with E-state index in [0.717, 1.165) is 28.5 Å². The van der Waals surface area contributed by atoms with Gasteiger partial charge in [-0.3, -0.25) is 0 Å². The van der Waals surface area contributed by atoms with Crippen LogP contribution in [0.2, 0.25) is 0 Å². The van der Waals surface area contributed by atoms with Crippen LogP contribution in [0, 0.1) is 5.92 Å². The van der Waals surface area contributed by atoms with Crippen molar-refractivity contribution in [3.05, 3.63) is 28.2 Å². The molecule has 3 heteroatoms. The van der Waals surface area contributed by atoms with Crippen molar-refractivity contribution in [3.63, 3.8) is 0 Å². The number of halogens is 1. The molecule has 100 valence electrons. The first-order valence-corrected chi connectivity index (χ1v) is 7.57. The fourth-order valence-corrected chi connectivity index (χ4v) is 2.64. The third-order valence-electron chi connectivity index (χ3n) is 3.47. The second-order valence-corrected chi connectivity index (χ2v) is 6.40. The molecule has 1 N–H and O–H groups in total. The number of hydrogen-bond acceptors (Lipinski definition) is 2. The highest BCUT2D eigenvalue weighted by molar-refractivity contribution is 9.10. The Hall–Kier alpha value is -0.540. The van der Waals surface area contributed by atoms with Crippen molar-refractivity contribution in [2.24, 2.45) is 5.92 Å². The summed E-state index contributed by atoms with van der Waals surface area (Å²) >= 11 is 3.54. The quantitative estimate of drug-likeness (QED) is 0.859. The minimum absolute atomic E-state index is 0.0935. The zero-order valence-corrected chi connectivity index (χ0v) is 12.8. The molecule has 1 saturated carbocycles. The average Bonchev–Trinajstić information content (AvgIpc) is 3.13. The molecule has 1 fully saturated rings. The zero-order chi connectivity index (χ0) is 13.1. The molecule has 0 atom stereocenters. The Kier molecular flexibility index (Phi) is 4.68. The molecule has 0 aromatic heterocycles. The van der Waals surface area contributed by atoms with Gasteiger partial charge in [-0.15, -0.1) is 0 Å². The first kappa shape index (κ1) is 13.9. The van der Waals surface area contributed by atoms with E-state index in [2.05, 4.69) is 46.8 Å². The molecule has 0 aliphatic heterocycles. The van der Waals surface area contributed by atoms with Gasteiger partial charge in [0.15, 0.2) is 0 Å². The van der Waals surface area contributed by atoms with E-state index in [1.807, 2.05) is 6.07 Å². The summed E-state index contributed by atoms with van der Waals surface area (Å²) in [6.07, 6.45) is 3.87. The van der Waals surface area contributed by atoms with Gasteiger partial charge in [-0.2, -0.15) is 0 Å². The summed E-state index contributed by atoms with van der Waals surface area (Å²) < 4.78 is 1.01. The SMILES string of the molecule is CC(C)CCN(c1ccc(CO)c(Br)c1)C1CC1. The molecule has 0 radical (unpaired) electrons. The Balaban J connectivity index is 2.12. The van der Waals surface area contributed by atoms with Crippen molar-refractivity contribution in [1.29, 1.82) is 0 Å². The van der Waals surface area contributed by atoms with Crippen molar-refractivity contribution >= 4 is 21.6 Å². The third-order valence-corrected chi connectivity index (χ3v) is 4.21. The Morgan fingerprint density at radius 1 is 1.39 bits per heavy atom. The van der Waals surface area contributed by atoms with Gasteiger partial charge in [0.25, 0.3) is 0 Å². The third kappa shape index (κ3) is 3.48. The molecular formula is C15H22BrNO. The lowest BCUT2D eigenvalue weighted by Crippen LogP contribution is -2.27. The molecule has 0 spiro atoms. The lowest BCUT2D eigenvalue weighted by molar-refractivity contribution is 0.281. The highest BCUT2D eigenvalue weighted by Crippen LogP contribution is 2.34. The summed E-state index contributed by atoms with van der Waals surface area (Å²) in [6, 6.07) is 7.03. The van der Waals surface area contributed by atoms with Gasteiger partial charge >= 0.3 is 0 Å².